The van der Waals surface area contributed by atoms with Gasteiger partial charge in [0.1, 0.15) is 6.61 Å². The second-order valence-corrected chi connectivity index (χ2v) is 6.02. The van der Waals surface area contributed by atoms with Crippen LogP contribution in [0.2, 0.25) is 0 Å². The summed E-state index contributed by atoms with van der Waals surface area (Å²) in [5.74, 6) is -2.15. The first-order valence-corrected chi connectivity index (χ1v) is 8.37. The van der Waals surface area contributed by atoms with Crippen LogP contribution in [0.25, 0.3) is 0 Å². The van der Waals surface area contributed by atoms with Gasteiger partial charge in [0, 0.05) is 23.5 Å². The van der Waals surface area contributed by atoms with Crippen LogP contribution in [0.4, 0.5) is 5.69 Å². The zero-order valence-corrected chi connectivity index (χ0v) is 15.6. The predicted octanol–water partition coefficient (Wildman–Crippen LogP) is 2.46. The molecule has 0 saturated heterocycles. The Morgan fingerprint density at radius 3 is 2.25 bits per heavy atom. The Kier molecular flexibility index (Phi) is 6.50. The highest BCUT2D eigenvalue weighted by atomic mass is 16.6. The third-order valence-corrected chi connectivity index (χ3v) is 4.27. The number of carbonyl (C=O) groups excluding carboxylic acids is 2. The summed E-state index contributed by atoms with van der Waals surface area (Å²) in [6.07, 6.45) is 0.0341. The number of nitro benzene ring substituents is 1. The van der Waals surface area contributed by atoms with Gasteiger partial charge < -0.3 is 14.8 Å². The van der Waals surface area contributed by atoms with Gasteiger partial charge in [-0.05, 0) is 19.4 Å². The fourth-order valence-electron chi connectivity index (χ4n) is 3.03. The topological polar surface area (TPSA) is 132 Å². The maximum atomic E-state index is 12.7. The minimum Gasteiger partial charge on any atom is -0.466 e. The van der Waals surface area contributed by atoms with Crippen LogP contribution >= 0.6 is 0 Å². The molecular weight excluding hydrogens is 366 g/mol. The lowest BCUT2D eigenvalue weighted by atomic mass is 9.80. The number of nitriles is 1. The van der Waals surface area contributed by atoms with E-state index in [9.17, 15) is 19.7 Å². The number of ether oxygens (including phenoxy) is 2. The van der Waals surface area contributed by atoms with Gasteiger partial charge in [0.2, 0.25) is 0 Å². The molecular formula is C19H19N3O6. The van der Waals surface area contributed by atoms with E-state index in [1.165, 1.54) is 31.4 Å². The van der Waals surface area contributed by atoms with Crippen LogP contribution in [0.3, 0.4) is 0 Å². The zero-order valence-electron chi connectivity index (χ0n) is 15.6. The van der Waals surface area contributed by atoms with Crippen molar-refractivity contribution in [1.82, 2.24) is 5.32 Å². The van der Waals surface area contributed by atoms with Gasteiger partial charge in [-0.3, -0.25) is 10.1 Å². The molecule has 1 aliphatic rings. The number of non-ortho nitro benzene ring substituents is 1. The number of nitrogens with one attached hydrogen (secondary N) is 1. The van der Waals surface area contributed by atoms with Gasteiger partial charge >= 0.3 is 11.9 Å². The molecule has 1 heterocycles. The van der Waals surface area contributed by atoms with E-state index in [-0.39, 0.29) is 29.9 Å². The number of hydrogen-bond acceptors (Lipinski definition) is 8. The summed E-state index contributed by atoms with van der Waals surface area (Å²) in [6, 6.07) is 7.46. The van der Waals surface area contributed by atoms with E-state index in [1.54, 1.807) is 13.8 Å². The van der Waals surface area contributed by atoms with Crippen molar-refractivity contribution < 1.29 is 24.0 Å². The fourth-order valence-corrected chi connectivity index (χ4v) is 3.03. The molecule has 9 heteroatoms. The molecule has 146 valence electrons. The van der Waals surface area contributed by atoms with E-state index in [1.807, 2.05) is 6.07 Å². The second kappa shape index (κ2) is 8.81. The monoisotopic (exact) mass is 385 g/mol. The Morgan fingerprint density at radius 1 is 1.18 bits per heavy atom. The molecule has 9 nitrogen and oxygen atoms in total. The summed E-state index contributed by atoms with van der Waals surface area (Å²) < 4.78 is 10.0. The molecule has 1 aromatic rings. The number of allylic oxidation sites excluding steroid dienone is 2. The van der Waals surface area contributed by atoms with Gasteiger partial charge in [0.15, 0.2) is 0 Å². The highest BCUT2D eigenvalue weighted by Gasteiger charge is 2.37. The third-order valence-electron chi connectivity index (χ3n) is 4.27. The summed E-state index contributed by atoms with van der Waals surface area (Å²) in [7, 11) is 1.23. The van der Waals surface area contributed by atoms with Crippen LogP contribution in [-0.2, 0) is 19.1 Å². The van der Waals surface area contributed by atoms with E-state index in [2.05, 4.69) is 5.32 Å². The van der Waals surface area contributed by atoms with Crippen LogP contribution in [0.5, 0.6) is 0 Å². The van der Waals surface area contributed by atoms with Crippen molar-refractivity contribution in [1.29, 1.82) is 5.26 Å². The summed E-state index contributed by atoms with van der Waals surface area (Å²) in [4.78, 5) is 35.5. The highest BCUT2D eigenvalue weighted by Crippen LogP contribution is 2.39. The van der Waals surface area contributed by atoms with Crippen molar-refractivity contribution >= 4 is 17.6 Å². The lowest BCUT2D eigenvalue weighted by Gasteiger charge is -2.30. The average Bonchev–Trinajstić information content (AvgIpc) is 2.67. The molecule has 28 heavy (non-hydrogen) atoms. The average molecular weight is 385 g/mol. The van der Waals surface area contributed by atoms with Crippen LogP contribution in [-0.4, -0.2) is 30.6 Å². The van der Waals surface area contributed by atoms with Gasteiger partial charge in [-0.1, -0.05) is 12.1 Å². The lowest BCUT2D eigenvalue weighted by molar-refractivity contribution is -0.384. The SMILES string of the molecule is COC(=O)C1=C(C)NC(C)=C(C(=O)OCCC#N)C1c1ccc([N+](=O)[O-])cc1. The molecule has 1 atom stereocenters. The standard InChI is InChI=1S/C19H19N3O6/c1-11-15(18(23)27-3)17(13-5-7-14(8-6-13)22(25)26)16(12(2)21-11)19(24)28-10-4-9-20/h5-8,17,21H,4,10H2,1-3H3. The molecule has 0 spiro atoms. The molecule has 0 radical (unpaired) electrons. The van der Waals surface area contributed by atoms with Crippen molar-refractivity contribution in [3.63, 3.8) is 0 Å². The van der Waals surface area contributed by atoms with E-state index in [0.29, 0.717) is 17.0 Å². The number of nitrogens with zero attached hydrogens (tertiary/aromatic N) is 2. The molecule has 0 amide bonds. The van der Waals surface area contributed by atoms with Crippen LogP contribution in [0.15, 0.2) is 46.8 Å². The molecule has 1 N–H and O–H groups in total. The molecule has 0 saturated carbocycles. The van der Waals surface area contributed by atoms with Gasteiger partial charge in [-0.15, -0.1) is 0 Å². The fraction of sp³-hybridized carbons (Fsp3) is 0.316. The number of methoxy groups -OCH3 is 1. The molecule has 1 unspecified atom stereocenters. The Labute approximate surface area is 161 Å². The second-order valence-electron chi connectivity index (χ2n) is 6.02. The number of carbonyl (C=O) groups is 2. The number of benzene rings is 1. The molecule has 1 aliphatic heterocycles. The Hall–Kier alpha value is -3.67. The predicted molar refractivity (Wildman–Crippen MR) is 97.6 cm³/mol. The van der Waals surface area contributed by atoms with Crippen molar-refractivity contribution in [3.05, 3.63) is 62.5 Å². The largest absolute Gasteiger partial charge is 0.466 e. The highest BCUT2D eigenvalue weighted by molar-refractivity contribution is 5.99. The number of hydrogen-bond donors (Lipinski definition) is 1. The Balaban J connectivity index is 2.56. The molecule has 0 aromatic heterocycles. The van der Waals surface area contributed by atoms with Crippen molar-refractivity contribution in [3.8, 4) is 6.07 Å². The van der Waals surface area contributed by atoms with Crippen LogP contribution in [0.1, 0.15) is 31.7 Å². The summed E-state index contributed by atoms with van der Waals surface area (Å²) in [5, 5.41) is 22.5. The van der Waals surface area contributed by atoms with Crippen LogP contribution in [0, 0.1) is 21.4 Å². The number of nitro groups is 1. The molecule has 2 rings (SSSR count). The van der Waals surface area contributed by atoms with E-state index in [0.717, 1.165) is 0 Å². The lowest BCUT2D eigenvalue weighted by Crippen LogP contribution is -2.32. The maximum Gasteiger partial charge on any atom is 0.336 e. The van der Waals surface area contributed by atoms with E-state index >= 15 is 0 Å². The minimum absolute atomic E-state index is 0.0341. The number of rotatable bonds is 6. The normalized spacial score (nSPS) is 16.1. The van der Waals surface area contributed by atoms with Crippen molar-refractivity contribution in [2.45, 2.75) is 26.2 Å². The van der Waals surface area contributed by atoms with Gasteiger partial charge in [0.25, 0.3) is 5.69 Å². The first kappa shape index (κ1) is 20.6. The van der Waals surface area contributed by atoms with Gasteiger partial charge in [0.05, 0.1) is 41.6 Å². The smallest absolute Gasteiger partial charge is 0.336 e. The van der Waals surface area contributed by atoms with Crippen molar-refractivity contribution in [2.75, 3.05) is 13.7 Å². The van der Waals surface area contributed by atoms with Crippen LogP contribution < -0.4 is 5.32 Å². The molecule has 0 aliphatic carbocycles. The first-order valence-electron chi connectivity index (χ1n) is 8.37. The third kappa shape index (κ3) is 4.17. The first-order chi connectivity index (χ1) is 13.3. The maximum absolute atomic E-state index is 12.7. The Bertz CT molecular complexity index is 909. The van der Waals surface area contributed by atoms with Gasteiger partial charge in [-0.2, -0.15) is 5.26 Å². The summed E-state index contributed by atoms with van der Waals surface area (Å²) in [5.41, 5.74) is 1.75. The molecule has 0 fully saturated rings. The van der Waals surface area contributed by atoms with Crippen molar-refractivity contribution in [2.24, 2.45) is 0 Å². The van der Waals surface area contributed by atoms with E-state index in [4.69, 9.17) is 14.7 Å². The summed E-state index contributed by atoms with van der Waals surface area (Å²) in [6.45, 7) is 3.25. The zero-order chi connectivity index (χ0) is 20.8. The number of esters is 2. The van der Waals surface area contributed by atoms with Gasteiger partial charge in [-0.25, -0.2) is 9.59 Å². The quantitative estimate of drug-likeness (QED) is 0.342. The number of dihydropyridines is 1. The molecule has 0 bridgehead atoms. The molecule has 1 aromatic carbocycles. The van der Waals surface area contributed by atoms with E-state index < -0.39 is 22.8 Å². The summed E-state index contributed by atoms with van der Waals surface area (Å²) >= 11 is 0. The Morgan fingerprint density at radius 2 is 1.75 bits per heavy atom. The minimum atomic E-state index is -0.830.